The van der Waals surface area contributed by atoms with Gasteiger partial charge >= 0.3 is 5.97 Å². The first kappa shape index (κ1) is 19.6. The van der Waals surface area contributed by atoms with E-state index in [2.05, 4.69) is 6.92 Å². The Morgan fingerprint density at radius 2 is 1.87 bits per heavy atom. The van der Waals surface area contributed by atoms with Gasteiger partial charge in [0, 0.05) is 26.1 Å². The molecule has 2 aliphatic rings. The van der Waals surface area contributed by atoms with Crippen LogP contribution in [-0.2, 0) is 9.59 Å². The van der Waals surface area contributed by atoms with Gasteiger partial charge in [0.2, 0.25) is 0 Å². The molecule has 0 aromatic heterocycles. The van der Waals surface area contributed by atoms with Crippen LogP contribution in [0.4, 0.5) is 0 Å². The van der Waals surface area contributed by atoms with Crippen molar-refractivity contribution in [2.45, 2.75) is 65.3 Å². The molecule has 23 heavy (non-hydrogen) atoms. The summed E-state index contributed by atoms with van der Waals surface area (Å²) >= 11 is 0. The Kier molecular flexibility index (Phi) is 7.68. The van der Waals surface area contributed by atoms with Gasteiger partial charge in [0.1, 0.15) is 11.4 Å². The van der Waals surface area contributed by atoms with Crippen LogP contribution in [0.5, 0.6) is 0 Å². The van der Waals surface area contributed by atoms with Crippen molar-refractivity contribution in [2.24, 2.45) is 4.99 Å². The fourth-order valence-corrected chi connectivity index (χ4v) is 3.17. The smallest absolute Gasteiger partial charge is 0.317 e. The average molecular weight is 325 g/mol. The van der Waals surface area contributed by atoms with Crippen molar-refractivity contribution in [3.05, 3.63) is 0 Å². The van der Waals surface area contributed by atoms with E-state index in [-0.39, 0.29) is 12.5 Å². The Morgan fingerprint density at radius 1 is 1.26 bits per heavy atom. The van der Waals surface area contributed by atoms with Gasteiger partial charge in [-0.25, -0.2) is 0 Å². The molecule has 1 N–H and O–H groups in total. The number of likely N-dealkylation sites (N-methyl/N-ethyl adjacent to an activating group) is 1. The maximum atomic E-state index is 12.7. The number of amidine groups is 1. The molecule has 2 heterocycles. The molecule has 1 saturated heterocycles. The van der Waals surface area contributed by atoms with Crippen LogP contribution in [0.15, 0.2) is 4.99 Å². The second-order valence-electron chi connectivity index (χ2n) is 5.88. The first-order valence-electron chi connectivity index (χ1n) is 8.87. The van der Waals surface area contributed by atoms with E-state index in [9.17, 15) is 9.59 Å². The molecule has 0 saturated carbocycles. The summed E-state index contributed by atoms with van der Waals surface area (Å²) in [5.74, 6) is 0.230. The molecule has 2 rings (SSSR count). The zero-order chi connectivity index (χ0) is 17.5. The molecule has 6 nitrogen and oxygen atoms in total. The van der Waals surface area contributed by atoms with Crippen LogP contribution < -0.4 is 0 Å². The van der Waals surface area contributed by atoms with Gasteiger partial charge in [-0.3, -0.25) is 24.4 Å². The van der Waals surface area contributed by atoms with Crippen molar-refractivity contribution >= 4 is 17.7 Å². The predicted octanol–water partition coefficient (Wildman–Crippen LogP) is 2.38. The Hall–Kier alpha value is -1.43. The summed E-state index contributed by atoms with van der Waals surface area (Å²) in [5, 5.41) is 8.85. The van der Waals surface area contributed by atoms with Gasteiger partial charge in [-0.2, -0.15) is 0 Å². The number of amides is 1. The molecule has 0 aromatic carbocycles. The topological polar surface area (TPSA) is 73.2 Å². The Labute approximate surface area is 139 Å². The van der Waals surface area contributed by atoms with Gasteiger partial charge in [0.05, 0.1) is 6.54 Å². The fraction of sp³-hybridized carbons (Fsp3) is 0.824. The molecule has 0 bridgehead atoms. The summed E-state index contributed by atoms with van der Waals surface area (Å²) in [6, 6.07) is 0. The van der Waals surface area contributed by atoms with Crippen LogP contribution in [0.3, 0.4) is 0 Å². The minimum Gasteiger partial charge on any atom is -0.480 e. The van der Waals surface area contributed by atoms with Crippen molar-refractivity contribution in [2.75, 3.05) is 26.2 Å². The summed E-state index contributed by atoms with van der Waals surface area (Å²) in [4.78, 5) is 32.0. The maximum absolute atomic E-state index is 12.7. The second kappa shape index (κ2) is 9.01. The van der Waals surface area contributed by atoms with Crippen molar-refractivity contribution in [1.82, 2.24) is 9.80 Å². The third kappa shape index (κ3) is 4.53. The van der Waals surface area contributed by atoms with Gasteiger partial charge < -0.3 is 5.11 Å². The molecular formula is C17H31N3O3. The number of carbonyl (C=O) groups is 2. The van der Waals surface area contributed by atoms with Gasteiger partial charge in [-0.05, 0) is 26.2 Å². The Morgan fingerprint density at radius 3 is 2.35 bits per heavy atom. The van der Waals surface area contributed by atoms with Crippen LogP contribution in [0.2, 0.25) is 0 Å². The van der Waals surface area contributed by atoms with Gasteiger partial charge in [-0.15, -0.1) is 0 Å². The number of unbranched alkanes of at least 4 members (excludes halogenated alkanes) is 1. The second-order valence-corrected chi connectivity index (χ2v) is 5.88. The number of rotatable bonds is 6. The lowest BCUT2D eigenvalue weighted by molar-refractivity contribution is -0.139. The maximum Gasteiger partial charge on any atom is 0.317 e. The number of piperidine rings is 1. The molecule has 0 atom stereocenters. The normalized spacial score (nSPS) is 20.3. The molecule has 0 aliphatic carbocycles. The molecular weight excluding hydrogens is 294 g/mol. The number of aliphatic imine (C=N–C) groups is 1. The zero-order valence-corrected chi connectivity index (χ0v) is 15.0. The molecule has 0 unspecified atom stereocenters. The van der Waals surface area contributed by atoms with Gasteiger partial charge in [0.15, 0.2) is 0 Å². The fourth-order valence-electron chi connectivity index (χ4n) is 3.17. The van der Waals surface area contributed by atoms with Crippen LogP contribution in [0.25, 0.3) is 0 Å². The largest absolute Gasteiger partial charge is 0.480 e. The minimum atomic E-state index is -0.814. The first-order valence-corrected chi connectivity index (χ1v) is 8.87. The third-order valence-corrected chi connectivity index (χ3v) is 4.41. The number of likely N-dealkylation sites (tertiary alicyclic amines) is 1. The summed E-state index contributed by atoms with van der Waals surface area (Å²) in [6.45, 7) is 10.1. The molecule has 6 heteroatoms. The molecule has 132 valence electrons. The summed E-state index contributed by atoms with van der Waals surface area (Å²) < 4.78 is 0. The van der Waals surface area contributed by atoms with Crippen LogP contribution in [0, 0.1) is 0 Å². The standard InChI is InChI=1S/C15H25N3O3.C2H6/c1-3-5-6-12-16-15(14(21)18(12)4-2)7-9-17(10-8-15)11-13(19)20;1-2/h3-11H2,1-2H3,(H,19,20);1-2H3. The van der Waals surface area contributed by atoms with E-state index in [0.29, 0.717) is 32.5 Å². The minimum absolute atomic E-state index is 0.0498. The van der Waals surface area contributed by atoms with Crippen molar-refractivity contribution < 1.29 is 14.7 Å². The molecule has 2 aliphatic heterocycles. The molecule has 1 amide bonds. The third-order valence-electron chi connectivity index (χ3n) is 4.41. The molecule has 0 radical (unpaired) electrons. The Bertz CT molecular complexity index is 440. The number of carboxylic acids is 1. The van der Waals surface area contributed by atoms with Crippen LogP contribution >= 0.6 is 0 Å². The van der Waals surface area contributed by atoms with Crippen LogP contribution in [0.1, 0.15) is 59.8 Å². The monoisotopic (exact) mass is 325 g/mol. The number of nitrogens with zero attached hydrogens (tertiary/aromatic N) is 3. The first-order chi connectivity index (χ1) is 11.0. The highest BCUT2D eigenvalue weighted by molar-refractivity contribution is 6.08. The predicted molar refractivity (Wildman–Crippen MR) is 91.7 cm³/mol. The number of carboxylic acid groups (broad SMARTS) is 1. The lowest BCUT2D eigenvalue weighted by atomic mass is 9.87. The van der Waals surface area contributed by atoms with E-state index < -0.39 is 11.5 Å². The lowest BCUT2D eigenvalue weighted by Crippen LogP contribution is -2.50. The van der Waals surface area contributed by atoms with Crippen molar-refractivity contribution in [3.63, 3.8) is 0 Å². The highest BCUT2D eigenvalue weighted by Crippen LogP contribution is 2.34. The number of hydrogen-bond donors (Lipinski definition) is 1. The highest BCUT2D eigenvalue weighted by Gasteiger charge is 2.48. The molecule has 1 spiro atoms. The number of carbonyl (C=O) groups excluding carboxylic acids is 1. The Balaban J connectivity index is 0.00000127. The average Bonchev–Trinajstić information content (AvgIpc) is 2.81. The quantitative estimate of drug-likeness (QED) is 0.814. The zero-order valence-electron chi connectivity index (χ0n) is 15.0. The summed E-state index contributed by atoms with van der Waals surface area (Å²) in [7, 11) is 0. The van der Waals surface area contributed by atoms with E-state index in [1.54, 1.807) is 0 Å². The van der Waals surface area contributed by atoms with Crippen molar-refractivity contribution in [3.8, 4) is 0 Å². The van der Waals surface area contributed by atoms with E-state index in [1.807, 2.05) is 30.6 Å². The number of aliphatic carboxylic acids is 1. The SMILES string of the molecule is CC.CCCCC1=NC2(CCN(CC(=O)O)CC2)C(=O)N1CC. The molecule has 1 fully saturated rings. The number of hydrogen-bond acceptors (Lipinski definition) is 4. The van der Waals surface area contributed by atoms with E-state index >= 15 is 0 Å². The summed E-state index contributed by atoms with van der Waals surface area (Å²) in [5.41, 5.74) is -0.617. The van der Waals surface area contributed by atoms with E-state index in [4.69, 9.17) is 10.1 Å². The van der Waals surface area contributed by atoms with E-state index in [1.165, 1.54) is 0 Å². The van der Waals surface area contributed by atoms with Gasteiger partial charge in [0.25, 0.3) is 5.91 Å². The summed E-state index contributed by atoms with van der Waals surface area (Å²) in [6.07, 6.45) is 4.25. The van der Waals surface area contributed by atoms with Gasteiger partial charge in [-0.1, -0.05) is 27.2 Å². The van der Waals surface area contributed by atoms with E-state index in [0.717, 1.165) is 25.1 Å². The molecule has 0 aromatic rings. The lowest BCUT2D eigenvalue weighted by Gasteiger charge is -2.35. The highest BCUT2D eigenvalue weighted by atomic mass is 16.4. The van der Waals surface area contributed by atoms with Crippen LogP contribution in [-0.4, -0.2) is 64.3 Å². The van der Waals surface area contributed by atoms with Crippen molar-refractivity contribution in [1.29, 1.82) is 0 Å².